The van der Waals surface area contributed by atoms with Gasteiger partial charge in [-0.3, -0.25) is 14.4 Å². The van der Waals surface area contributed by atoms with Crippen LogP contribution >= 0.6 is 0 Å². The average Bonchev–Trinajstić information content (AvgIpc) is 3.79. The van der Waals surface area contributed by atoms with E-state index in [0.29, 0.717) is 30.4 Å². The molecule has 0 radical (unpaired) electrons. The first-order chi connectivity index (χ1) is 21.1. The van der Waals surface area contributed by atoms with E-state index in [1.807, 2.05) is 31.2 Å². The van der Waals surface area contributed by atoms with Crippen LogP contribution in [0.4, 0.5) is 0 Å². The molecule has 1 aromatic heterocycles. The number of aromatic amines is 1. The van der Waals surface area contributed by atoms with Crippen molar-refractivity contribution in [1.29, 1.82) is 5.26 Å². The van der Waals surface area contributed by atoms with Gasteiger partial charge in [-0.2, -0.15) is 10.2 Å². The lowest BCUT2D eigenvalue weighted by atomic mass is 9.67. The fraction of sp³-hybridized carbons (Fsp3) is 0.438. The molecule has 4 N–H and O–H groups in total. The normalized spacial score (nSPS) is 16.3. The zero-order chi connectivity index (χ0) is 31.6. The van der Waals surface area contributed by atoms with Crippen molar-refractivity contribution < 1.29 is 18.9 Å². The quantitative estimate of drug-likeness (QED) is 0.273. The van der Waals surface area contributed by atoms with Gasteiger partial charge in [0.25, 0.3) is 11.8 Å². The summed E-state index contributed by atoms with van der Waals surface area (Å²) in [4.78, 5) is 56.7. The molecule has 1 fully saturated rings. The molecule has 0 spiro atoms. The van der Waals surface area contributed by atoms with Crippen LogP contribution in [0.15, 0.2) is 45.7 Å². The standard InChI is InChI=1S/C32H37N7O5/c1-18(36-17-27(40)39(19(2)16-33)24-9-10-24)15-32(30-37-31(43)44-38-30)25-11-7-22(28(41)34-3)13-20(25)5-6-21-14-23(29(42)35-4)8-12-26(21)32/h7-8,11-14,18-19,24,36H,5-6,9-10,15,17H2,1-4H3,(H,34,41)(H,35,42)(H,37,38,43)/t18-,19?/m0/s1. The molecule has 230 valence electrons. The summed E-state index contributed by atoms with van der Waals surface area (Å²) in [7, 11) is 3.15. The van der Waals surface area contributed by atoms with E-state index in [4.69, 9.17) is 4.52 Å². The van der Waals surface area contributed by atoms with Gasteiger partial charge in [-0.05, 0) is 92.5 Å². The molecule has 2 aliphatic rings. The number of fused-ring (bicyclic) bond motifs is 2. The van der Waals surface area contributed by atoms with Gasteiger partial charge in [0, 0.05) is 37.3 Å². The predicted molar refractivity (Wildman–Crippen MR) is 161 cm³/mol. The molecule has 2 aromatic carbocycles. The lowest BCUT2D eigenvalue weighted by molar-refractivity contribution is -0.132. The number of nitrogens with one attached hydrogen (secondary N) is 4. The van der Waals surface area contributed by atoms with Crippen LogP contribution in [0.1, 0.15) is 81.9 Å². The molecule has 12 heteroatoms. The van der Waals surface area contributed by atoms with Gasteiger partial charge in [0.15, 0.2) is 5.82 Å². The summed E-state index contributed by atoms with van der Waals surface area (Å²) < 4.78 is 5.12. The van der Waals surface area contributed by atoms with E-state index in [0.717, 1.165) is 35.1 Å². The lowest BCUT2D eigenvalue weighted by Crippen LogP contribution is -2.47. The number of benzene rings is 2. The van der Waals surface area contributed by atoms with Crippen molar-refractivity contribution in [3.05, 3.63) is 86.2 Å². The zero-order valence-corrected chi connectivity index (χ0v) is 25.3. The molecule has 2 aliphatic carbocycles. The molecule has 2 atom stereocenters. The Morgan fingerprint density at radius 1 is 1.05 bits per heavy atom. The molecular weight excluding hydrogens is 562 g/mol. The molecule has 3 aromatic rings. The van der Waals surface area contributed by atoms with Crippen molar-refractivity contribution in [2.45, 2.75) is 69.5 Å². The van der Waals surface area contributed by atoms with E-state index in [1.165, 1.54) is 0 Å². The van der Waals surface area contributed by atoms with Crippen LogP contribution in [0.5, 0.6) is 0 Å². The summed E-state index contributed by atoms with van der Waals surface area (Å²) in [5, 5.41) is 20.9. The van der Waals surface area contributed by atoms with Gasteiger partial charge in [0.2, 0.25) is 5.91 Å². The second-order valence-electron chi connectivity index (χ2n) is 11.6. The number of nitrogens with zero attached hydrogens (tertiary/aromatic N) is 3. The Balaban J connectivity index is 1.61. The van der Waals surface area contributed by atoms with Gasteiger partial charge >= 0.3 is 5.76 Å². The molecule has 1 saturated carbocycles. The van der Waals surface area contributed by atoms with Crippen LogP contribution in [-0.2, 0) is 23.1 Å². The summed E-state index contributed by atoms with van der Waals surface area (Å²) in [5.41, 5.74) is 3.36. The lowest BCUT2D eigenvalue weighted by Gasteiger charge is -2.37. The minimum atomic E-state index is -1.07. The van der Waals surface area contributed by atoms with Crippen molar-refractivity contribution in [3.8, 4) is 6.07 Å². The number of aryl methyl sites for hydroxylation is 2. The largest absolute Gasteiger partial charge is 0.459 e. The Labute approximate surface area is 255 Å². The SMILES string of the molecule is CNC(=O)c1ccc2c(c1)CCc1cc(C(=O)NC)ccc1C2(C[C@H](C)NCC(=O)N(C(C)C#N)C1CC1)c1nc(=O)o[nH]1. The van der Waals surface area contributed by atoms with Gasteiger partial charge in [-0.25, -0.2) is 9.95 Å². The molecule has 0 bridgehead atoms. The summed E-state index contributed by atoms with van der Waals surface area (Å²) in [6, 6.07) is 12.4. The maximum atomic E-state index is 13.2. The minimum absolute atomic E-state index is 0.0278. The highest BCUT2D eigenvalue weighted by molar-refractivity contribution is 5.95. The second kappa shape index (κ2) is 12.5. The molecule has 12 nitrogen and oxygen atoms in total. The van der Waals surface area contributed by atoms with Gasteiger partial charge < -0.3 is 25.4 Å². The molecule has 3 amide bonds. The molecule has 1 unspecified atom stereocenters. The van der Waals surface area contributed by atoms with Crippen LogP contribution in [0.25, 0.3) is 0 Å². The first-order valence-corrected chi connectivity index (χ1v) is 14.8. The van der Waals surface area contributed by atoms with E-state index in [-0.39, 0.29) is 42.2 Å². The number of hydrogen-bond donors (Lipinski definition) is 4. The van der Waals surface area contributed by atoms with Gasteiger partial charge in [0.1, 0.15) is 6.04 Å². The number of carbonyl (C=O) groups excluding carboxylic acids is 3. The third-order valence-corrected chi connectivity index (χ3v) is 8.66. The van der Waals surface area contributed by atoms with Crippen molar-refractivity contribution in [1.82, 2.24) is 31.0 Å². The summed E-state index contributed by atoms with van der Waals surface area (Å²) in [5.74, 6) is -1.10. The van der Waals surface area contributed by atoms with Crippen LogP contribution < -0.4 is 21.7 Å². The molecule has 1 heterocycles. The minimum Gasteiger partial charge on any atom is -0.355 e. The first-order valence-electron chi connectivity index (χ1n) is 14.8. The highest BCUT2D eigenvalue weighted by atomic mass is 16.5. The fourth-order valence-corrected chi connectivity index (χ4v) is 6.44. The molecule has 0 saturated heterocycles. The van der Waals surface area contributed by atoms with Crippen LogP contribution in [0.3, 0.4) is 0 Å². The third-order valence-electron chi connectivity index (χ3n) is 8.66. The Morgan fingerprint density at radius 2 is 1.61 bits per heavy atom. The number of H-pyrrole nitrogens is 1. The smallest absolute Gasteiger partial charge is 0.355 e. The van der Waals surface area contributed by atoms with Crippen LogP contribution in [-0.4, -0.2) is 71.5 Å². The monoisotopic (exact) mass is 599 g/mol. The number of aromatic nitrogens is 2. The Bertz CT molecular complexity index is 1610. The average molecular weight is 600 g/mol. The molecule has 5 rings (SSSR count). The predicted octanol–water partition coefficient (Wildman–Crippen LogP) is 1.79. The third kappa shape index (κ3) is 5.75. The van der Waals surface area contributed by atoms with E-state index in [1.54, 1.807) is 38.1 Å². The van der Waals surface area contributed by atoms with E-state index >= 15 is 0 Å². The van der Waals surface area contributed by atoms with Crippen LogP contribution in [0, 0.1) is 11.3 Å². The van der Waals surface area contributed by atoms with Crippen molar-refractivity contribution in [3.63, 3.8) is 0 Å². The number of amides is 3. The van der Waals surface area contributed by atoms with E-state index < -0.39 is 17.2 Å². The molecule has 44 heavy (non-hydrogen) atoms. The number of rotatable bonds is 10. The maximum absolute atomic E-state index is 13.2. The topological polar surface area (TPSA) is 173 Å². The zero-order valence-electron chi connectivity index (χ0n) is 25.3. The van der Waals surface area contributed by atoms with Crippen LogP contribution in [0.2, 0.25) is 0 Å². The Hall–Kier alpha value is -4.76. The van der Waals surface area contributed by atoms with Gasteiger partial charge in [0.05, 0.1) is 18.0 Å². The second-order valence-corrected chi connectivity index (χ2v) is 11.6. The number of carbonyl (C=O) groups is 3. The first kappa shape index (κ1) is 30.7. The van der Waals surface area contributed by atoms with E-state index in [2.05, 4.69) is 32.2 Å². The van der Waals surface area contributed by atoms with Gasteiger partial charge in [-0.15, -0.1) is 0 Å². The summed E-state index contributed by atoms with van der Waals surface area (Å²) in [6.45, 7) is 3.71. The van der Waals surface area contributed by atoms with Crippen molar-refractivity contribution in [2.75, 3.05) is 20.6 Å². The number of hydrogen-bond acceptors (Lipinski definition) is 8. The summed E-state index contributed by atoms with van der Waals surface area (Å²) in [6.07, 6.45) is 3.26. The molecule has 0 aliphatic heterocycles. The van der Waals surface area contributed by atoms with Crippen molar-refractivity contribution >= 4 is 17.7 Å². The maximum Gasteiger partial charge on any atom is 0.459 e. The molecular formula is C32H37N7O5. The van der Waals surface area contributed by atoms with Crippen molar-refractivity contribution in [2.24, 2.45) is 0 Å². The van der Waals surface area contributed by atoms with E-state index in [9.17, 15) is 24.4 Å². The highest BCUT2D eigenvalue weighted by Crippen LogP contribution is 2.47. The summed E-state index contributed by atoms with van der Waals surface area (Å²) >= 11 is 0. The number of nitriles is 1. The van der Waals surface area contributed by atoms with Gasteiger partial charge in [-0.1, -0.05) is 12.1 Å². The Kier molecular flexibility index (Phi) is 8.69. The fourth-order valence-electron chi connectivity index (χ4n) is 6.44. The Morgan fingerprint density at radius 3 is 2.07 bits per heavy atom. The highest BCUT2D eigenvalue weighted by Gasteiger charge is 2.45.